The molecule has 2 aromatic heterocycles. The zero-order valence-corrected chi connectivity index (χ0v) is 14.1. The van der Waals surface area contributed by atoms with Crippen LogP contribution in [-0.2, 0) is 13.1 Å². The number of hydrogen-bond acceptors (Lipinski definition) is 4. The van der Waals surface area contributed by atoms with Crippen LogP contribution in [0, 0.1) is 6.92 Å². The summed E-state index contributed by atoms with van der Waals surface area (Å²) in [5.41, 5.74) is 5.62. The van der Waals surface area contributed by atoms with Gasteiger partial charge in [0.2, 0.25) is 0 Å². The van der Waals surface area contributed by atoms with Gasteiger partial charge in [0.05, 0.1) is 17.4 Å². The Kier molecular flexibility index (Phi) is 4.12. The first-order chi connectivity index (χ1) is 12.3. The van der Waals surface area contributed by atoms with Crippen LogP contribution in [0.5, 0.6) is 0 Å². The number of para-hydroxylation sites is 2. The second-order valence-electron chi connectivity index (χ2n) is 6.08. The molecule has 0 saturated carbocycles. The van der Waals surface area contributed by atoms with Crippen molar-refractivity contribution in [2.75, 3.05) is 5.32 Å². The molecule has 2 aromatic carbocycles. The minimum atomic E-state index is 0.741. The van der Waals surface area contributed by atoms with Crippen LogP contribution in [0.25, 0.3) is 11.0 Å². The van der Waals surface area contributed by atoms with Crippen LogP contribution in [0.1, 0.15) is 16.8 Å². The maximum atomic E-state index is 4.44. The van der Waals surface area contributed by atoms with Crippen LogP contribution >= 0.6 is 0 Å². The fourth-order valence-electron chi connectivity index (χ4n) is 2.84. The highest BCUT2D eigenvalue weighted by Crippen LogP contribution is 2.15. The summed E-state index contributed by atoms with van der Waals surface area (Å²) in [4.78, 5) is 12.8. The van der Waals surface area contributed by atoms with Gasteiger partial charge in [-0.05, 0) is 30.2 Å². The van der Waals surface area contributed by atoms with Crippen molar-refractivity contribution in [2.45, 2.75) is 20.0 Å². The topological polar surface area (TPSA) is 55.6 Å². The zero-order chi connectivity index (χ0) is 17.1. The first-order valence-electron chi connectivity index (χ1n) is 8.28. The van der Waals surface area contributed by atoms with Crippen LogP contribution in [-0.4, -0.2) is 19.5 Å². The van der Waals surface area contributed by atoms with Gasteiger partial charge < -0.3 is 9.88 Å². The Labute approximate surface area is 146 Å². The van der Waals surface area contributed by atoms with E-state index in [2.05, 4.69) is 55.2 Å². The quantitative estimate of drug-likeness (QED) is 0.605. The molecule has 2 heterocycles. The van der Waals surface area contributed by atoms with Gasteiger partial charge in [0.25, 0.3) is 0 Å². The van der Waals surface area contributed by atoms with Gasteiger partial charge >= 0.3 is 0 Å². The van der Waals surface area contributed by atoms with Gasteiger partial charge in [-0.1, -0.05) is 36.4 Å². The first kappa shape index (κ1) is 15.3. The Bertz CT molecular complexity index is 988. The van der Waals surface area contributed by atoms with Crippen molar-refractivity contribution in [1.29, 1.82) is 0 Å². The molecular formula is C20H19N5. The number of nitrogens with one attached hydrogen (secondary N) is 1. The predicted octanol–water partition coefficient (Wildman–Crippen LogP) is 3.80. The Morgan fingerprint density at radius 1 is 0.920 bits per heavy atom. The van der Waals surface area contributed by atoms with Gasteiger partial charge in [-0.15, -0.1) is 0 Å². The molecule has 5 nitrogen and oxygen atoms in total. The number of hydrogen-bond donors (Lipinski definition) is 1. The number of aryl methyl sites for hydroxylation is 1. The van der Waals surface area contributed by atoms with Crippen molar-refractivity contribution in [3.05, 3.63) is 84.1 Å². The summed E-state index contributed by atoms with van der Waals surface area (Å²) < 4.78 is 2.17. The molecule has 4 aromatic rings. The number of aromatic nitrogens is 4. The smallest absolute Gasteiger partial charge is 0.129 e. The largest absolute Gasteiger partial charge is 0.366 e. The van der Waals surface area contributed by atoms with E-state index in [1.54, 1.807) is 6.33 Å². The summed E-state index contributed by atoms with van der Waals surface area (Å²) in [6.07, 6.45) is 3.48. The van der Waals surface area contributed by atoms with E-state index in [9.17, 15) is 0 Å². The van der Waals surface area contributed by atoms with Gasteiger partial charge in [0.15, 0.2) is 0 Å². The summed E-state index contributed by atoms with van der Waals surface area (Å²) in [5, 5.41) is 3.32. The second-order valence-corrected chi connectivity index (χ2v) is 6.08. The van der Waals surface area contributed by atoms with E-state index >= 15 is 0 Å². The fraction of sp³-hybridized carbons (Fsp3) is 0.150. The fourth-order valence-corrected chi connectivity index (χ4v) is 2.84. The van der Waals surface area contributed by atoms with Gasteiger partial charge in [0, 0.05) is 24.8 Å². The standard InChI is InChI=1S/C20H19N5/c1-15-10-20(23-13-22-15)21-11-16-6-8-17(9-7-16)12-25-14-24-18-4-2-3-5-19(18)25/h2-10,13-14H,11-12H2,1H3,(H,21,22,23). The van der Waals surface area contributed by atoms with E-state index in [4.69, 9.17) is 0 Å². The van der Waals surface area contributed by atoms with Gasteiger partial charge in [-0.25, -0.2) is 15.0 Å². The van der Waals surface area contributed by atoms with Gasteiger partial charge in [-0.2, -0.15) is 0 Å². The first-order valence-corrected chi connectivity index (χ1v) is 8.28. The molecule has 124 valence electrons. The van der Waals surface area contributed by atoms with Crippen LogP contribution in [0.15, 0.2) is 67.3 Å². The van der Waals surface area contributed by atoms with E-state index in [-0.39, 0.29) is 0 Å². The van der Waals surface area contributed by atoms with Crippen molar-refractivity contribution in [1.82, 2.24) is 19.5 Å². The highest BCUT2D eigenvalue weighted by molar-refractivity contribution is 5.75. The number of rotatable bonds is 5. The monoisotopic (exact) mass is 329 g/mol. The van der Waals surface area contributed by atoms with E-state index < -0.39 is 0 Å². The SMILES string of the molecule is Cc1cc(NCc2ccc(Cn3cnc4ccccc43)cc2)ncn1. The van der Waals surface area contributed by atoms with Crippen LogP contribution in [0.2, 0.25) is 0 Å². The molecule has 0 unspecified atom stereocenters. The molecule has 0 saturated heterocycles. The number of anilines is 1. The van der Waals surface area contributed by atoms with Gasteiger partial charge in [0.1, 0.15) is 12.1 Å². The lowest BCUT2D eigenvalue weighted by Crippen LogP contribution is -2.03. The molecule has 4 rings (SSSR count). The third-order valence-corrected chi connectivity index (χ3v) is 4.18. The Hall–Kier alpha value is -3.21. The summed E-state index contributed by atoms with van der Waals surface area (Å²) in [6, 6.07) is 18.8. The van der Waals surface area contributed by atoms with E-state index in [1.165, 1.54) is 11.1 Å². The van der Waals surface area contributed by atoms with E-state index in [1.807, 2.05) is 37.5 Å². The lowest BCUT2D eigenvalue weighted by molar-refractivity contribution is 0.824. The van der Waals surface area contributed by atoms with E-state index in [0.717, 1.165) is 35.6 Å². The van der Waals surface area contributed by atoms with Crippen molar-refractivity contribution < 1.29 is 0 Å². The Morgan fingerprint density at radius 3 is 2.56 bits per heavy atom. The number of imidazole rings is 1. The van der Waals surface area contributed by atoms with Crippen molar-refractivity contribution in [2.24, 2.45) is 0 Å². The summed E-state index contributed by atoms with van der Waals surface area (Å²) in [5.74, 6) is 0.849. The maximum absolute atomic E-state index is 4.44. The third-order valence-electron chi connectivity index (χ3n) is 4.18. The average molecular weight is 329 g/mol. The molecule has 0 aliphatic carbocycles. The van der Waals surface area contributed by atoms with Crippen molar-refractivity contribution >= 4 is 16.9 Å². The molecule has 1 N–H and O–H groups in total. The molecule has 5 heteroatoms. The summed E-state index contributed by atoms with van der Waals surface area (Å²) in [7, 11) is 0. The molecule has 25 heavy (non-hydrogen) atoms. The van der Waals surface area contributed by atoms with Gasteiger partial charge in [-0.3, -0.25) is 0 Å². The number of nitrogens with zero attached hydrogens (tertiary/aromatic N) is 4. The van der Waals surface area contributed by atoms with Crippen LogP contribution in [0.4, 0.5) is 5.82 Å². The molecule has 0 spiro atoms. The molecule has 0 fully saturated rings. The lowest BCUT2D eigenvalue weighted by atomic mass is 10.1. The third kappa shape index (κ3) is 3.50. The summed E-state index contributed by atoms with van der Waals surface area (Å²) in [6.45, 7) is 3.52. The highest BCUT2D eigenvalue weighted by Gasteiger charge is 2.03. The van der Waals surface area contributed by atoms with Crippen molar-refractivity contribution in [3.63, 3.8) is 0 Å². The molecule has 0 aliphatic heterocycles. The summed E-state index contributed by atoms with van der Waals surface area (Å²) >= 11 is 0. The molecule has 0 atom stereocenters. The Balaban J connectivity index is 1.43. The number of fused-ring (bicyclic) bond motifs is 1. The molecule has 0 bridgehead atoms. The highest BCUT2D eigenvalue weighted by atomic mass is 15.0. The molecule has 0 aliphatic rings. The normalized spacial score (nSPS) is 10.9. The zero-order valence-electron chi connectivity index (χ0n) is 14.1. The van der Waals surface area contributed by atoms with Crippen LogP contribution in [0.3, 0.4) is 0 Å². The minimum absolute atomic E-state index is 0.741. The van der Waals surface area contributed by atoms with E-state index in [0.29, 0.717) is 0 Å². The molecule has 0 radical (unpaired) electrons. The lowest BCUT2D eigenvalue weighted by Gasteiger charge is -2.08. The maximum Gasteiger partial charge on any atom is 0.129 e. The number of benzene rings is 2. The van der Waals surface area contributed by atoms with Crippen molar-refractivity contribution in [3.8, 4) is 0 Å². The molecular weight excluding hydrogens is 310 g/mol. The molecule has 0 amide bonds. The van der Waals surface area contributed by atoms with Crippen LogP contribution < -0.4 is 5.32 Å². The Morgan fingerprint density at radius 2 is 1.72 bits per heavy atom. The minimum Gasteiger partial charge on any atom is -0.366 e. The predicted molar refractivity (Wildman–Crippen MR) is 99.4 cm³/mol. The average Bonchev–Trinajstić information content (AvgIpc) is 3.04. The second kappa shape index (κ2) is 6.73.